The fraction of sp³-hybridized carbons (Fsp3) is 0.643. The summed E-state index contributed by atoms with van der Waals surface area (Å²) in [5.41, 5.74) is 0.493. The van der Waals surface area contributed by atoms with Gasteiger partial charge in [0.1, 0.15) is 5.52 Å². The lowest BCUT2D eigenvalue weighted by molar-refractivity contribution is -0.144. The molecule has 126 valence electrons. The summed E-state index contributed by atoms with van der Waals surface area (Å²) in [6, 6.07) is 0.256. The van der Waals surface area contributed by atoms with E-state index in [0.717, 1.165) is 6.54 Å². The van der Waals surface area contributed by atoms with Crippen molar-refractivity contribution in [3.8, 4) is 0 Å². The maximum atomic E-state index is 13.0. The Morgan fingerprint density at radius 2 is 2.00 bits per heavy atom. The van der Waals surface area contributed by atoms with Crippen LogP contribution in [-0.2, 0) is 6.18 Å². The van der Waals surface area contributed by atoms with Crippen molar-refractivity contribution in [3.63, 3.8) is 0 Å². The van der Waals surface area contributed by atoms with E-state index in [1.807, 2.05) is 11.9 Å². The molecule has 2 aromatic heterocycles. The van der Waals surface area contributed by atoms with Crippen molar-refractivity contribution in [1.82, 2.24) is 24.8 Å². The van der Waals surface area contributed by atoms with Crippen molar-refractivity contribution in [3.05, 3.63) is 12.2 Å². The normalized spacial score (nSPS) is 20.7. The summed E-state index contributed by atoms with van der Waals surface area (Å²) in [4.78, 5) is 18.2. The van der Waals surface area contributed by atoms with Crippen molar-refractivity contribution in [2.24, 2.45) is 5.92 Å². The Balaban J connectivity index is 2.03. The van der Waals surface area contributed by atoms with Crippen LogP contribution in [0.1, 0.15) is 19.7 Å². The van der Waals surface area contributed by atoms with Crippen molar-refractivity contribution >= 4 is 17.0 Å². The standard InChI is InChI=1S/C14H19F3N6/c1-8(2)9-6-23(5-4-22(9)3)12-10-11(19-7-18-10)20-13(21-12)14(15,16)17/h7-9H,4-6H2,1-3H3,(H,18,19,20,21)/t9-/m1/s1. The van der Waals surface area contributed by atoms with Crippen LogP contribution >= 0.6 is 0 Å². The molecule has 1 atom stereocenters. The van der Waals surface area contributed by atoms with Gasteiger partial charge in [0.05, 0.1) is 6.33 Å². The molecule has 0 aliphatic carbocycles. The number of halogens is 3. The Hall–Kier alpha value is -1.90. The predicted molar refractivity (Wildman–Crippen MR) is 80.2 cm³/mol. The average molecular weight is 328 g/mol. The van der Waals surface area contributed by atoms with E-state index in [1.54, 1.807) is 0 Å². The molecule has 0 saturated carbocycles. The number of nitrogens with zero attached hydrogens (tertiary/aromatic N) is 5. The van der Waals surface area contributed by atoms with Gasteiger partial charge in [-0.15, -0.1) is 0 Å². The number of alkyl halides is 3. The van der Waals surface area contributed by atoms with Crippen LogP contribution in [0.5, 0.6) is 0 Å². The zero-order chi connectivity index (χ0) is 16.8. The molecule has 3 rings (SSSR count). The first kappa shape index (κ1) is 16.0. The Labute approximate surface area is 131 Å². The van der Waals surface area contributed by atoms with Gasteiger partial charge in [-0.05, 0) is 13.0 Å². The van der Waals surface area contributed by atoms with Crippen LogP contribution in [0.4, 0.5) is 19.0 Å². The van der Waals surface area contributed by atoms with Gasteiger partial charge in [0.2, 0.25) is 5.82 Å². The van der Waals surface area contributed by atoms with E-state index in [0.29, 0.717) is 24.5 Å². The molecule has 3 heterocycles. The van der Waals surface area contributed by atoms with Crippen LogP contribution in [0, 0.1) is 5.92 Å². The highest BCUT2D eigenvalue weighted by molar-refractivity contribution is 5.83. The summed E-state index contributed by atoms with van der Waals surface area (Å²) in [6.45, 7) is 6.22. The molecule has 1 saturated heterocycles. The molecular formula is C14H19F3N6. The summed E-state index contributed by atoms with van der Waals surface area (Å²) in [5.74, 6) is -0.477. The zero-order valence-corrected chi connectivity index (χ0v) is 13.2. The smallest absolute Gasteiger partial charge is 0.352 e. The second-order valence-electron chi connectivity index (χ2n) is 6.21. The highest BCUT2D eigenvalue weighted by Crippen LogP contribution is 2.31. The van der Waals surface area contributed by atoms with Gasteiger partial charge in [0, 0.05) is 25.7 Å². The Bertz CT molecular complexity index is 695. The number of rotatable bonds is 2. The number of hydrogen-bond donors (Lipinski definition) is 1. The third-order valence-electron chi connectivity index (χ3n) is 4.29. The molecule has 9 heteroatoms. The lowest BCUT2D eigenvalue weighted by atomic mass is 10.0. The number of aromatic amines is 1. The van der Waals surface area contributed by atoms with Gasteiger partial charge in [0.15, 0.2) is 11.5 Å². The summed E-state index contributed by atoms with van der Waals surface area (Å²) in [7, 11) is 2.04. The van der Waals surface area contributed by atoms with E-state index in [9.17, 15) is 13.2 Å². The summed E-state index contributed by atoms with van der Waals surface area (Å²) in [6.07, 6.45) is -3.25. The first-order chi connectivity index (χ1) is 10.8. The average Bonchev–Trinajstić information content (AvgIpc) is 2.94. The summed E-state index contributed by atoms with van der Waals surface area (Å²) >= 11 is 0. The number of imidazole rings is 1. The van der Waals surface area contributed by atoms with Crippen molar-refractivity contribution in [1.29, 1.82) is 0 Å². The van der Waals surface area contributed by atoms with Crippen molar-refractivity contribution in [2.75, 3.05) is 31.6 Å². The number of hydrogen-bond acceptors (Lipinski definition) is 5. The van der Waals surface area contributed by atoms with Crippen molar-refractivity contribution in [2.45, 2.75) is 26.1 Å². The first-order valence-corrected chi connectivity index (χ1v) is 7.51. The van der Waals surface area contributed by atoms with Gasteiger partial charge in [-0.2, -0.15) is 13.2 Å². The highest BCUT2D eigenvalue weighted by Gasteiger charge is 2.37. The van der Waals surface area contributed by atoms with E-state index in [2.05, 4.69) is 38.7 Å². The quantitative estimate of drug-likeness (QED) is 0.915. The molecule has 0 spiro atoms. The highest BCUT2D eigenvalue weighted by atomic mass is 19.4. The van der Waals surface area contributed by atoms with Crippen molar-refractivity contribution < 1.29 is 13.2 Å². The molecule has 0 aromatic carbocycles. The SMILES string of the molecule is CC(C)[C@H]1CN(c2nc(C(F)(F)F)nc3nc[nH]c23)CCN1C. The lowest BCUT2D eigenvalue weighted by Crippen LogP contribution is -2.54. The third-order valence-corrected chi connectivity index (χ3v) is 4.29. The van der Waals surface area contributed by atoms with Gasteiger partial charge >= 0.3 is 6.18 Å². The second-order valence-corrected chi connectivity index (χ2v) is 6.21. The van der Waals surface area contributed by atoms with E-state index in [4.69, 9.17) is 0 Å². The molecule has 0 radical (unpaired) electrons. The van der Waals surface area contributed by atoms with Crippen LogP contribution in [0.15, 0.2) is 6.33 Å². The number of piperazine rings is 1. The molecule has 1 aliphatic rings. The number of anilines is 1. The number of aromatic nitrogens is 4. The van der Waals surface area contributed by atoms with Gasteiger partial charge in [-0.1, -0.05) is 13.8 Å². The molecule has 0 amide bonds. The minimum atomic E-state index is -4.59. The van der Waals surface area contributed by atoms with E-state index in [-0.39, 0.29) is 17.5 Å². The Kier molecular flexibility index (Phi) is 3.91. The molecule has 1 N–H and O–H groups in total. The van der Waals surface area contributed by atoms with Crippen LogP contribution in [0.25, 0.3) is 11.2 Å². The number of nitrogens with one attached hydrogen (secondary N) is 1. The van der Waals surface area contributed by atoms with Crippen LogP contribution in [0.2, 0.25) is 0 Å². The third kappa shape index (κ3) is 2.97. The van der Waals surface area contributed by atoms with Crippen LogP contribution < -0.4 is 4.90 Å². The van der Waals surface area contributed by atoms with Gasteiger partial charge in [0.25, 0.3) is 0 Å². The van der Waals surface area contributed by atoms with Gasteiger partial charge in [-0.3, -0.25) is 4.90 Å². The maximum absolute atomic E-state index is 13.0. The van der Waals surface area contributed by atoms with E-state index in [1.165, 1.54) is 6.33 Å². The molecule has 2 aromatic rings. The lowest BCUT2D eigenvalue weighted by Gasteiger charge is -2.42. The van der Waals surface area contributed by atoms with E-state index >= 15 is 0 Å². The topological polar surface area (TPSA) is 60.9 Å². The second kappa shape index (κ2) is 5.63. The molecule has 6 nitrogen and oxygen atoms in total. The summed E-state index contributed by atoms with van der Waals surface area (Å²) in [5, 5.41) is 0. The fourth-order valence-electron chi connectivity index (χ4n) is 2.99. The molecule has 0 unspecified atom stereocenters. The number of H-pyrrole nitrogens is 1. The van der Waals surface area contributed by atoms with Gasteiger partial charge < -0.3 is 9.88 Å². The van der Waals surface area contributed by atoms with E-state index < -0.39 is 12.0 Å². The van der Waals surface area contributed by atoms with Crippen LogP contribution in [0.3, 0.4) is 0 Å². The maximum Gasteiger partial charge on any atom is 0.451 e. The Morgan fingerprint density at radius 3 is 2.65 bits per heavy atom. The monoisotopic (exact) mass is 328 g/mol. The number of likely N-dealkylation sites (N-methyl/N-ethyl adjacent to an activating group) is 1. The first-order valence-electron chi connectivity index (χ1n) is 7.51. The largest absolute Gasteiger partial charge is 0.451 e. The van der Waals surface area contributed by atoms with Gasteiger partial charge in [-0.25, -0.2) is 15.0 Å². The minimum Gasteiger partial charge on any atom is -0.352 e. The molecule has 1 aliphatic heterocycles. The molecule has 23 heavy (non-hydrogen) atoms. The van der Waals surface area contributed by atoms with Crippen LogP contribution in [-0.4, -0.2) is 57.6 Å². The molecule has 1 fully saturated rings. The minimum absolute atomic E-state index is 0.0438. The fourth-order valence-corrected chi connectivity index (χ4v) is 2.99. The summed E-state index contributed by atoms with van der Waals surface area (Å²) < 4.78 is 39.1. The predicted octanol–water partition coefficient (Wildman–Crippen LogP) is 2.15. The Morgan fingerprint density at radius 1 is 1.26 bits per heavy atom. The molecular weight excluding hydrogens is 309 g/mol. The zero-order valence-electron chi connectivity index (χ0n) is 13.2. The molecule has 0 bridgehead atoms. The number of fused-ring (bicyclic) bond motifs is 1.